The molecule has 0 aromatic heterocycles. The summed E-state index contributed by atoms with van der Waals surface area (Å²) in [6.45, 7) is 0.397. The SMILES string of the molecule is O=CCCOc1ccc2c(c1)CCC(=O)N2. The highest BCUT2D eigenvalue weighted by molar-refractivity contribution is 5.93. The van der Waals surface area contributed by atoms with Gasteiger partial charge in [-0.1, -0.05) is 0 Å². The molecule has 1 heterocycles. The number of carbonyl (C=O) groups is 2. The topological polar surface area (TPSA) is 55.4 Å². The number of ether oxygens (including phenoxy) is 1. The molecule has 1 aliphatic heterocycles. The summed E-state index contributed by atoms with van der Waals surface area (Å²) < 4.78 is 5.40. The fourth-order valence-electron chi connectivity index (χ4n) is 1.67. The Labute approximate surface area is 93.6 Å². The number of hydrogen-bond donors (Lipinski definition) is 1. The normalized spacial score (nSPS) is 13.9. The second-order valence-electron chi connectivity index (χ2n) is 3.67. The van der Waals surface area contributed by atoms with E-state index in [0.717, 1.165) is 29.7 Å². The smallest absolute Gasteiger partial charge is 0.224 e. The third kappa shape index (κ3) is 2.39. The van der Waals surface area contributed by atoms with Crippen LogP contribution in [0.3, 0.4) is 0 Å². The number of hydrogen-bond acceptors (Lipinski definition) is 3. The number of aryl methyl sites for hydroxylation is 1. The van der Waals surface area contributed by atoms with Crippen LogP contribution < -0.4 is 10.1 Å². The summed E-state index contributed by atoms with van der Waals surface area (Å²) in [4.78, 5) is 21.3. The van der Waals surface area contributed by atoms with Gasteiger partial charge >= 0.3 is 0 Å². The Morgan fingerprint density at radius 2 is 2.25 bits per heavy atom. The molecule has 0 unspecified atom stereocenters. The lowest BCUT2D eigenvalue weighted by molar-refractivity contribution is -0.116. The van der Waals surface area contributed by atoms with E-state index in [1.807, 2.05) is 12.1 Å². The van der Waals surface area contributed by atoms with Crippen molar-refractivity contribution in [3.8, 4) is 5.75 Å². The first-order valence-electron chi connectivity index (χ1n) is 5.29. The van der Waals surface area contributed by atoms with Crippen molar-refractivity contribution in [1.82, 2.24) is 0 Å². The van der Waals surface area contributed by atoms with Crippen molar-refractivity contribution < 1.29 is 14.3 Å². The number of carbonyl (C=O) groups excluding carboxylic acids is 2. The molecule has 0 fully saturated rings. The van der Waals surface area contributed by atoms with E-state index in [1.54, 1.807) is 6.07 Å². The van der Waals surface area contributed by atoms with Gasteiger partial charge in [-0.2, -0.15) is 0 Å². The first kappa shape index (κ1) is 10.7. The van der Waals surface area contributed by atoms with Gasteiger partial charge in [-0.3, -0.25) is 4.79 Å². The van der Waals surface area contributed by atoms with Crippen molar-refractivity contribution in [2.45, 2.75) is 19.3 Å². The number of benzene rings is 1. The summed E-state index contributed by atoms with van der Waals surface area (Å²) in [5.41, 5.74) is 1.95. The molecule has 1 amide bonds. The number of aldehydes is 1. The van der Waals surface area contributed by atoms with Crippen LogP contribution >= 0.6 is 0 Å². The van der Waals surface area contributed by atoms with Gasteiger partial charge in [-0.15, -0.1) is 0 Å². The lowest BCUT2D eigenvalue weighted by Gasteiger charge is -2.17. The summed E-state index contributed by atoms with van der Waals surface area (Å²) in [5.74, 6) is 0.805. The van der Waals surface area contributed by atoms with Gasteiger partial charge in [-0.05, 0) is 30.2 Å². The third-order valence-electron chi connectivity index (χ3n) is 2.48. The van der Waals surface area contributed by atoms with E-state index >= 15 is 0 Å². The minimum absolute atomic E-state index is 0.0575. The van der Waals surface area contributed by atoms with Gasteiger partial charge in [0.15, 0.2) is 0 Å². The van der Waals surface area contributed by atoms with Crippen LogP contribution in [0.4, 0.5) is 5.69 Å². The van der Waals surface area contributed by atoms with Crippen molar-refractivity contribution >= 4 is 17.9 Å². The van der Waals surface area contributed by atoms with Crippen molar-refractivity contribution in [3.05, 3.63) is 23.8 Å². The van der Waals surface area contributed by atoms with E-state index in [0.29, 0.717) is 19.4 Å². The van der Waals surface area contributed by atoms with Crippen LogP contribution in [0.15, 0.2) is 18.2 Å². The van der Waals surface area contributed by atoms with E-state index in [-0.39, 0.29) is 5.91 Å². The highest BCUT2D eigenvalue weighted by Crippen LogP contribution is 2.26. The monoisotopic (exact) mass is 219 g/mol. The van der Waals surface area contributed by atoms with Crippen LogP contribution in [-0.2, 0) is 16.0 Å². The maximum absolute atomic E-state index is 11.1. The molecule has 0 bridgehead atoms. The average Bonchev–Trinajstić information content (AvgIpc) is 2.29. The first-order valence-corrected chi connectivity index (χ1v) is 5.29. The molecular formula is C12H13NO3. The Hall–Kier alpha value is -1.84. The number of nitrogens with one attached hydrogen (secondary N) is 1. The summed E-state index contributed by atoms with van der Waals surface area (Å²) in [5, 5.41) is 2.80. The van der Waals surface area contributed by atoms with Crippen LogP contribution in [-0.4, -0.2) is 18.8 Å². The van der Waals surface area contributed by atoms with Gasteiger partial charge in [-0.25, -0.2) is 0 Å². The van der Waals surface area contributed by atoms with Gasteiger partial charge in [0.1, 0.15) is 12.0 Å². The Morgan fingerprint density at radius 1 is 1.38 bits per heavy atom. The van der Waals surface area contributed by atoms with E-state index in [9.17, 15) is 9.59 Å². The van der Waals surface area contributed by atoms with Gasteiger partial charge in [0.05, 0.1) is 6.61 Å². The summed E-state index contributed by atoms with van der Waals surface area (Å²) in [6, 6.07) is 5.55. The molecule has 0 spiro atoms. The van der Waals surface area contributed by atoms with E-state index in [2.05, 4.69) is 5.32 Å². The predicted molar refractivity (Wildman–Crippen MR) is 59.6 cm³/mol. The van der Waals surface area contributed by atoms with Crippen molar-refractivity contribution in [3.63, 3.8) is 0 Å². The van der Waals surface area contributed by atoms with E-state index < -0.39 is 0 Å². The Bertz CT molecular complexity index is 415. The molecule has 0 radical (unpaired) electrons. The third-order valence-corrected chi connectivity index (χ3v) is 2.48. The van der Waals surface area contributed by atoms with Crippen LogP contribution in [0.5, 0.6) is 5.75 Å². The van der Waals surface area contributed by atoms with Crippen molar-refractivity contribution in [2.75, 3.05) is 11.9 Å². The molecule has 0 aliphatic carbocycles. The summed E-state index contributed by atoms with van der Waals surface area (Å²) in [6.07, 6.45) is 2.49. The van der Waals surface area contributed by atoms with Gasteiger partial charge in [0.25, 0.3) is 0 Å². The zero-order valence-corrected chi connectivity index (χ0v) is 8.86. The minimum atomic E-state index is 0.0575. The Kier molecular flexibility index (Phi) is 3.19. The van der Waals surface area contributed by atoms with Crippen LogP contribution in [0, 0.1) is 0 Å². The molecule has 1 aromatic carbocycles. The second-order valence-corrected chi connectivity index (χ2v) is 3.67. The van der Waals surface area contributed by atoms with Gasteiger partial charge in [0.2, 0.25) is 5.91 Å². The largest absolute Gasteiger partial charge is 0.493 e. The maximum Gasteiger partial charge on any atom is 0.224 e. The molecule has 0 saturated carbocycles. The molecule has 4 nitrogen and oxygen atoms in total. The van der Waals surface area contributed by atoms with E-state index in [4.69, 9.17) is 4.74 Å². The van der Waals surface area contributed by atoms with Crippen molar-refractivity contribution in [2.24, 2.45) is 0 Å². The van der Waals surface area contributed by atoms with Crippen LogP contribution in [0.2, 0.25) is 0 Å². The lowest BCUT2D eigenvalue weighted by atomic mass is 10.0. The highest BCUT2D eigenvalue weighted by Gasteiger charge is 2.14. The Balaban J connectivity index is 2.07. The molecule has 2 rings (SSSR count). The standard InChI is InChI=1S/C12H13NO3/c14-6-1-7-16-10-3-4-11-9(8-10)2-5-12(15)13-11/h3-4,6,8H,1-2,5,7H2,(H,13,15). The zero-order valence-electron chi connectivity index (χ0n) is 8.86. The molecule has 84 valence electrons. The highest BCUT2D eigenvalue weighted by atomic mass is 16.5. The van der Waals surface area contributed by atoms with Crippen LogP contribution in [0.1, 0.15) is 18.4 Å². The summed E-state index contributed by atoms with van der Waals surface area (Å²) >= 11 is 0. The number of fused-ring (bicyclic) bond motifs is 1. The molecule has 4 heteroatoms. The van der Waals surface area contributed by atoms with Gasteiger partial charge < -0.3 is 14.8 Å². The number of anilines is 1. The molecule has 0 atom stereocenters. The van der Waals surface area contributed by atoms with Crippen molar-refractivity contribution in [1.29, 1.82) is 0 Å². The number of rotatable bonds is 4. The maximum atomic E-state index is 11.1. The molecule has 16 heavy (non-hydrogen) atoms. The Morgan fingerprint density at radius 3 is 3.06 bits per heavy atom. The second kappa shape index (κ2) is 4.79. The quantitative estimate of drug-likeness (QED) is 0.617. The lowest BCUT2D eigenvalue weighted by Crippen LogP contribution is -2.18. The molecule has 1 N–H and O–H groups in total. The predicted octanol–water partition coefficient (Wildman–Crippen LogP) is 1.54. The van der Waals surface area contributed by atoms with Crippen LogP contribution in [0.25, 0.3) is 0 Å². The minimum Gasteiger partial charge on any atom is -0.493 e. The van der Waals surface area contributed by atoms with Gasteiger partial charge in [0, 0.05) is 18.5 Å². The fourth-order valence-corrected chi connectivity index (χ4v) is 1.67. The molecule has 1 aromatic rings. The molecular weight excluding hydrogens is 206 g/mol. The van der Waals surface area contributed by atoms with E-state index in [1.165, 1.54) is 0 Å². The molecule has 0 saturated heterocycles. The molecule has 1 aliphatic rings. The zero-order chi connectivity index (χ0) is 11.4. The number of amides is 1. The first-order chi connectivity index (χ1) is 7.79. The summed E-state index contributed by atoms with van der Waals surface area (Å²) in [7, 11) is 0. The fraction of sp³-hybridized carbons (Fsp3) is 0.333. The average molecular weight is 219 g/mol.